The molecule has 9 heteroatoms. The number of Topliss-reactive ketones (excluding diaryl/α,β-unsaturated/α-hetero) is 1. The van der Waals surface area contributed by atoms with E-state index in [1.54, 1.807) is 34.5 Å². The second-order valence-corrected chi connectivity index (χ2v) is 7.51. The Morgan fingerprint density at radius 2 is 2.07 bits per heavy atom. The number of ether oxygens (including phenoxy) is 1. The first-order valence-electron chi connectivity index (χ1n) is 9.20. The number of nitrogens with zero attached hydrogens (tertiary/aromatic N) is 2. The van der Waals surface area contributed by atoms with Crippen LogP contribution in [0.5, 0.6) is 0 Å². The number of para-hydroxylation sites is 1. The molecule has 2 aromatic rings. The van der Waals surface area contributed by atoms with Crippen molar-refractivity contribution >= 4 is 45.7 Å². The largest absolute Gasteiger partial charge is 0.452 e. The summed E-state index contributed by atoms with van der Waals surface area (Å²) >= 11 is 1.30. The summed E-state index contributed by atoms with van der Waals surface area (Å²) in [4.78, 5) is 53.9. The van der Waals surface area contributed by atoms with Crippen molar-refractivity contribution in [2.75, 3.05) is 16.8 Å². The third-order valence-corrected chi connectivity index (χ3v) is 5.32. The van der Waals surface area contributed by atoms with E-state index in [2.05, 4.69) is 10.3 Å². The van der Waals surface area contributed by atoms with Gasteiger partial charge in [-0.25, -0.2) is 4.98 Å². The van der Waals surface area contributed by atoms with Crippen LogP contribution in [0.15, 0.2) is 29.6 Å². The topological polar surface area (TPSA) is 106 Å². The number of amides is 2. The van der Waals surface area contributed by atoms with Crippen molar-refractivity contribution in [3.05, 3.63) is 40.9 Å². The Hall–Kier alpha value is -3.07. The lowest BCUT2D eigenvalue weighted by Gasteiger charge is -2.14. The van der Waals surface area contributed by atoms with E-state index in [0.29, 0.717) is 35.0 Å². The zero-order valence-electron chi connectivity index (χ0n) is 16.1. The molecule has 1 atom stereocenters. The van der Waals surface area contributed by atoms with Gasteiger partial charge in [0.05, 0.1) is 17.8 Å². The Bertz CT molecular complexity index is 955. The standard InChI is InChI=1S/C20H21N3O5S/c1-12(24)15-6-3-4-7-16(15)22-19(27)13(2)28-18(26)10-14-11-29-20(21-14)23-9-5-8-17(23)25/h3-4,6-7,11,13H,5,8-10H2,1-2H3,(H,22,27)/t13-/m0/s1. The van der Waals surface area contributed by atoms with Gasteiger partial charge in [-0.3, -0.25) is 24.1 Å². The van der Waals surface area contributed by atoms with Crippen LogP contribution in [-0.2, 0) is 25.5 Å². The monoisotopic (exact) mass is 415 g/mol. The van der Waals surface area contributed by atoms with Crippen molar-refractivity contribution in [2.24, 2.45) is 0 Å². The number of esters is 1. The van der Waals surface area contributed by atoms with Crippen molar-refractivity contribution in [3.63, 3.8) is 0 Å². The number of hydrogen-bond acceptors (Lipinski definition) is 7. The summed E-state index contributed by atoms with van der Waals surface area (Å²) in [7, 11) is 0. The van der Waals surface area contributed by atoms with Gasteiger partial charge in [-0.15, -0.1) is 11.3 Å². The average molecular weight is 415 g/mol. The number of thiazole rings is 1. The van der Waals surface area contributed by atoms with Gasteiger partial charge in [-0.05, 0) is 32.4 Å². The third kappa shape index (κ3) is 5.05. The van der Waals surface area contributed by atoms with Gasteiger partial charge in [0.1, 0.15) is 0 Å². The number of anilines is 2. The smallest absolute Gasteiger partial charge is 0.312 e. The van der Waals surface area contributed by atoms with E-state index in [9.17, 15) is 19.2 Å². The van der Waals surface area contributed by atoms with Gasteiger partial charge >= 0.3 is 5.97 Å². The molecule has 0 unspecified atom stereocenters. The number of benzene rings is 1. The molecule has 1 aromatic carbocycles. The van der Waals surface area contributed by atoms with E-state index in [1.165, 1.54) is 25.2 Å². The minimum Gasteiger partial charge on any atom is -0.452 e. The van der Waals surface area contributed by atoms with Crippen LogP contribution in [-0.4, -0.2) is 41.2 Å². The summed E-state index contributed by atoms with van der Waals surface area (Å²) in [6, 6.07) is 6.62. The maximum atomic E-state index is 12.3. The quantitative estimate of drug-likeness (QED) is 0.550. The molecule has 1 fully saturated rings. The maximum Gasteiger partial charge on any atom is 0.312 e. The summed E-state index contributed by atoms with van der Waals surface area (Å²) in [6.07, 6.45) is 0.173. The SMILES string of the molecule is CC(=O)c1ccccc1NC(=O)[C@H](C)OC(=O)Cc1csc(N2CCCC2=O)n1. The third-order valence-electron chi connectivity index (χ3n) is 4.41. The Morgan fingerprint density at radius 1 is 1.31 bits per heavy atom. The van der Waals surface area contributed by atoms with Gasteiger partial charge in [0.2, 0.25) is 5.91 Å². The van der Waals surface area contributed by atoms with Gasteiger partial charge in [0.25, 0.3) is 5.91 Å². The molecule has 8 nitrogen and oxygen atoms in total. The van der Waals surface area contributed by atoms with E-state index in [4.69, 9.17) is 4.74 Å². The molecule has 0 aliphatic carbocycles. The van der Waals surface area contributed by atoms with Crippen molar-refractivity contribution in [1.29, 1.82) is 0 Å². The van der Waals surface area contributed by atoms with Crippen molar-refractivity contribution in [1.82, 2.24) is 4.98 Å². The molecule has 1 saturated heterocycles. The first-order valence-corrected chi connectivity index (χ1v) is 10.1. The van der Waals surface area contributed by atoms with Crippen LogP contribution in [0, 0.1) is 0 Å². The molecule has 1 aliphatic heterocycles. The molecule has 2 amide bonds. The van der Waals surface area contributed by atoms with E-state index in [-0.39, 0.29) is 18.1 Å². The minimum absolute atomic E-state index is 0.0320. The number of ketones is 1. The van der Waals surface area contributed by atoms with Crippen LogP contribution in [0.2, 0.25) is 0 Å². The molecule has 0 radical (unpaired) electrons. The second-order valence-electron chi connectivity index (χ2n) is 6.67. The Kier molecular flexibility index (Phi) is 6.38. The molecule has 1 aliphatic rings. The van der Waals surface area contributed by atoms with Crippen LogP contribution >= 0.6 is 11.3 Å². The van der Waals surface area contributed by atoms with Crippen molar-refractivity contribution < 1.29 is 23.9 Å². The number of aromatic nitrogens is 1. The zero-order valence-corrected chi connectivity index (χ0v) is 17.0. The van der Waals surface area contributed by atoms with Crippen molar-refractivity contribution in [3.8, 4) is 0 Å². The number of hydrogen-bond donors (Lipinski definition) is 1. The normalized spacial score (nSPS) is 14.6. The highest BCUT2D eigenvalue weighted by Gasteiger charge is 2.25. The van der Waals surface area contributed by atoms with E-state index < -0.39 is 18.0 Å². The molecule has 0 bridgehead atoms. The van der Waals surface area contributed by atoms with Gasteiger partial charge in [0, 0.05) is 23.9 Å². The zero-order chi connectivity index (χ0) is 21.0. The van der Waals surface area contributed by atoms with Crippen LogP contribution in [0.4, 0.5) is 10.8 Å². The maximum absolute atomic E-state index is 12.3. The van der Waals surface area contributed by atoms with Crippen LogP contribution in [0.1, 0.15) is 42.7 Å². The number of carbonyl (C=O) groups excluding carboxylic acids is 4. The highest BCUT2D eigenvalue weighted by Crippen LogP contribution is 2.25. The fourth-order valence-corrected chi connectivity index (χ4v) is 3.79. The van der Waals surface area contributed by atoms with Gasteiger partial charge in [-0.1, -0.05) is 12.1 Å². The highest BCUT2D eigenvalue weighted by atomic mass is 32.1. The molecule has 3 rings (SSSR count). The van der Waals surface area contributed by atoms with Crippen LogP contribution < -0.4 is 10.2 Å². The molecular formula is C20H21N3O5S. The molecule has 0 saturated carbocycles. The lowest BCUT2D eigenvalue weighted by atomic mass is 10.1. The average Bonchev–Trinajstić information content (AvgIpc) is 3.30. The Morgan fingerprint density at radius 3 is 2.76 bits per heavy atom. The number of carbonyl (C=O) groups is 4. The van der Waals surface area contributed by atoms with E-state index >= 15 is 0 Å². The van der Waals surface area contributed by atoms with Gasteiger partial charge in [0.15, 0.2) is 17.0 Å². The number of nitrogens with one attached hydrogen (secondary N) is 1. The van der Waals surface area contributed by atoms with Crippen molar-refractivity contribution in [2.45, 2.75) is 39.2 Å². The summed E-state index contributed by atoms with van der Waals surface area (Å²) in [5.41, 5.74) is 1.24. The molecular weight excluding hydrogens is 394 g/mol. The van der Waals surface area contributed by atoms with Gasteiger partial charge < -0.3 is 10.1 Å². The summed E-state index contributed by atoms with van der Waals surface area (Å²) in [5, 5.41) is 4.89. The predicted octanol–water partition coefficient (Wildman–Crippen LogP) is 2.59. The molecule has 1 N–H and O–H groups in total. The fraction of sp³-hybridized carbons (Fsp3) is 0.350. The van der Waals surface area contributed by atoms with Crippen LogP contribution in [0.3, 0.4) is 0 Å². The first kappa shape index (κ1) is 20.7. The molecule has 152 valence electrons. The van der Waals surface area contributed by atoms with E-state index in [1.807, 2.05) is 0 Å². The van der Waals surface area contributed by atoms with E-state index in [0.717, 1.165) is 6.42 Å². The molecule has 0 spiro atoms. The molecule has 1 aromatic heterocycles. The van der Waals surface area contributed by atoms with Gasteiger partial charge in [-0.2, -0.15) is 0 Å². The molecule has 29 heavy (non-hydrogen) atoms. The minimum atomic E-state index is -1.04. The Labute approximate surface area is 171 Å². The number of rotatable bonds is 7. The predicted molar refractivity (Wildman–Crippen MR) is 108 cm³/mol. The summed E-state index contributed by atoms with van der Waals surface area (Å²) in [5.74, 6) is -1.28. The second kappa shape index (κ2) is 8.95. The Balaban J connectivity index is 1.55. The molecule has 2 heterocycles. The van der Waals surface area contributed by atoms with Crippen LogP contribution in [0.25, 0.3) is 0 Å². The first-order chi connectivity index (χ1) is 13.8. The summed E-state index contributed by atoms with van der Waals surface area (Å²) in [6.45, 7) is 3.50. The fourth-order valence-electron chi connectivity index (χ4n) is 2.93. The lowest BCUT2D eigenvalue weighted by Crippen LogP contribution is -2.31. The lowest BCUT2D eigenvalue weighted by molar-refractivity contribution is -0.152. The highest BCUT2D eigenvalue weighted by molar-refractivity contribution is 7.14. The summed E-state index contributed by atoms with van der Waals surface area (Å²) < 4.78 is 5.19.